The number of carbonyl (C=O) groups is 1. The van der Waals surface area contributed by atoms with Crippen LogP contribution in [0.5, 0.6) is 0 Å². The zero-order valence-electron chi connectivity index (χ0n) is 24.7. The van der Waals surface area contributed by atoms with Gasteiger partial charge in [-0.1, -0.05) is 18.3 Å². The van der Waals surface area contributed by atoms with E-state index in [-0.39, 0.29) is 17.8 Å². The van der Waals surface area contributed by atoms with E-state index in [1.165, 1.54) is 23.5 Å². The van der Waals surface area contributed by atoms with Gasteiger partial charge in [-0.05, 0) is 44.5 Å². The zero-order chi connectivity index (χ0) is 30.4. The first-order valence-corrected chi connectivity index (χ1v) is 15.2. The second-order valence-electron chi connectivity index (χ2n) is 11.2. The van der Waals surface area contributed by atoms with Gasteiger partial charge in [-0.2, -0.15) is 10.4 Å². The lowest BCUT2D eigenvalue weighted by Gasteiger charge is -2.42. The fraction of sp³-hybridized carbons (Fsp3) is 0.433. The van der Waals surface area contributed by atoms with Gasteiger partial charge < -0.3 is 19.8 Å². The number of aromatic nitrogens is 4. The highest BCUT2D eigenvalue weighted by atomic mass is 32.1. The van der Waals surface area contributed by atoms with Crippen LogP contribution in [0, 0.1) is 24.1 Å². The number of β-amino-alcohol motifs (C(OH)–C–C–N with tert-alkyl or cyclic N) is 1. The fourth-order valence-corrected chi connectivity index (χ4v) is 6.58. The smallest absolute Gasteiger partial charge is 0.236 e. The van der Waals surface area contributed by atoms with Gasteiger partial charge in [-0.15, -0.1) is 0 Å². The molecule has 224 valence electrons. The number of nitriles is 1. The van der Waals surface area contributed by atoms with Crippen molar-refractivity contribution >= 4 is 39.5 Å². The third kappa shape index (κ3) is 5.42. The number of aliphatic hydroxyl groups is 1. The Morgan fingerprint density at radius 2 is 1.95 bits per heavy atom. The summed E-state index contributed by atoms with van der Waals surface area (Å²) in [4.78, 5) is 31.0. The number of hydrogen-bond acceptors (Lipinski definition) is 10. The summed E-state index contributed by atoms with van der Waals surface area (Å²) in [5.74, 6) is 0.557. The van der Waals surface area contributed by atoms with Gasteiger partial charge >= 0.3 is 0 Å². The molecule has 6 rings (SSSR count). The lowest BCUT2D eigenvalue weighted by atomic mass is 10.1. The number of anilines is 3. The second-order valence-corrected chi connectivity index (χ2v) is 12.2. The number of nitrogens with zero attached hydrogens (tertiary/aromatic N) is 9. The van der Waals surface area contributed by atoms with E-state index in [0.717, 1.165) is 42.5 Å². The van der Waals surface area contributed by atoms with Crippen molar-refractivity contribution in [1.82, 2.24) is 29.4 Å². The number of hydrogen-bond donors (Lipinski definition) is 1. The van der Waals surface area contributed by atoms with E-state index in [2.05, 4.69) is 22.8 Å². The molecule has 1 N–H and O–H groups in total. The maximum Gasteiger partial charge on any atom is 0.236 e. The van der Waals surface area contributed by atoms with E-state index in [1.54, 1.807) is 17.0 Å². The number of rotatable bonds is 7. The van der Waals surface area contributed by atoms with Crippen molar-refractivity contribution < 1.29 is 14.3 Å². The maximum atomic E-state index is 13.5. The lowest BCUT2D eigenvalue weighted by Crippen LogP contribution is -2.59. The monoisotopic (exact) mass is 603 g/mol. The summed E-state index contributed by atoms with van der Waals surface area (Å²) in [6, 6.07) is 10.4. The minimum absolute atomic E-state index is 0.0596. The van der Waals surface area contributed by atoms with Crippen LogP contribution in [0.15, 0.2) is 30.3 Å². The number of amides is 1. The Kier molecular flexibility index (Phi) is 7.76. The molecule has 2 aliphatic rings. The van der Waals surface area contributed by atoms with Crippen LogP contribution in [0.2, 0.25) is 0 Å². The average Bonchev–Trinajstić information content (AvgIpc) is 3.58. The number of likely N-dealkylation sites (tertiary alicyclic amines) is 1. The van der Waals surface area contributed by atoms with Crippen LogP contribution in [0.1, 0.15) is 30.1 Å². The molecule has 2 fully saturated rings. The van der Waals surface area contributed by atoms with Gasteiger partial charge in [-0.25, -0.2) is 18.9 Å². The van der Waals surface area contributed by atoms with E-state index in [4.69, 9.17) is 15.1 Å². The van der Waals surface area contributed by atoms with E-state index in [9.17, 15) is 19.6 Å². The average molecular weight is 604 g/mol. The van der Waals surface area contributed by atoms with Gasteiger partial charge in [0.2, 0.25) is 5.91 Å². The van der Waals surface area contributed by atoms with Gasteiger partial charge in [0.25, 0.3) is 0 Å². The number of halogens is 1. The normalized spacial score (nSPS) is 17.7. The largest absolute Gasteiger partial charge is 0.389 e. The Balaban J connectivity index is 1.28. The van der Waals surface area contributed by atoms with E-state index in [0.29, 0.717) is 53.0 Å². The third-order valence-electron chi connectivity index (χ3n) is 8.23. The topological polar surface area (TPSA) is 117 Å². The molecule has 1 aromatic carbocycles. The van der Waals surface area contributed by atoms with Gasteiger partial charge in [0, 0.05) is 63.1 Å². The van der Waals surface area contributed by atoms with Gasteiger partial charge in [0.15, 0.2) is 10.8 Å². The van der Waals surface area contributed by atoms with Crippen molar-refractivity contribution in [2.24, 2.45) is 0 Å². The fourth-order valence-electron chi connectivity index (χ4n) is 5.72. The van der Waals surface area contributed by atoms with Crippen LogP contribution in [-0.2, 0) is 11.2 Å². The van der Waals surface area contributed by atoms with E-state index in [1.807, 2.05) is 36.4 Å². The highest BCUT2D eigenvalue weighted by Crippen LogP contribution is 2.38. The molecule has 0 saturated carbocycles. The Hall–Kier alpha value is -4.12. The van der Waals surface area contributed by atoms with Crippen LogP contribution in [0.4, 0.5) is 21.0 Å². The van der Waals surface area contributed by atoms with Crippen molar-refractivity contribution in [1.29, 1.82) is 5.26 Å². The summed E-state index contributed by atoms with van der Waals surface area (Å²) in [6.45, 7) is 9.54. The second kappa shape index (κ2) is 11.5. The van der Waals surface area contributed by atoms with Crippen molar-refractivity contribution in [2.45, 2.75) is 39.3 Å². The predicted octanol–water partition coefficient (Wildman–Crippen LogP) is 3.22. The first kappa shape index (κ1) is 29.0. The van der Waals surface area contributed by atoms with Crippen molar-refractivity contribution in [2.75, 3.05) is 56.1 Å². The molecular formula is C30H34FN9O2S. The number of aliphatic hydroxyl groups excluding tert-OH is 1. The van der Waals surface area contributed by atoms with Crippen LogP contribution in [-0.4, -0.2) is 98.9 Å². The molecule has 2 saturated heterocycles. The summed E-state index contributed by atoms with van der Waals surface area (Å²) in [5, 5.41) is 24.9. The van der Waals surface area contributed by atoms with Crippen LogP contribution in [0.3, 0.4) is 0 Å². The van der Waals surface area contributed by atoms with E-state index >= 15 is 0 Å². The summed E-state index contributed by atoms with van der Waals surface area (Å²) in [5.41, 5.74) is 4.53. The molecule has 0 radical (unpaired) electrons. The third-order valence-corrected chi connectivity index (χ3v) is 9.27. The summed E-state index contributed by atoms with van der Waals surface area (Å²) in [7, 11) is 1.91. The standard InChI is InChI=1S/C30H34FN9O2S/c1-5-23-28(36(4)30-34-27(24(13-32)43-30)20-6-8-21(31)9-7-20)29-33-25(12-18(2)40(29)35-23)38-11-10-37(19(3)14-38)17-26(42)39-15-22(41)16-39/h6-9,12,19,22,41H,5,10-11,14-17H2,1-4H3/t19-/m0/s1. The van der Waals surface area contributed by atoms with Gasteiger partial charge in [-0.3, -0.25) is 9.69 Å². The molecule has 4 aromatic rings. The highest BCUT2D eigenvalue weighted by Gasteiger charge is 2.33. The molecule has 3 aromatic heterocycles. The molecule has 2 aliphatic heterocycles. The SMILES string of the molecule is CCc1nn2c(C)cc(N3CCN(CC(=O)N4CC(O)C4)[C@@H](C)C3)nc2c1N(C)c1nc(-c2ccc(F)cc2)c(C#N)s1. The zero-order valence-corrected chi connectivity index (χ0v) is 25.5. The van der Waals surface area contributed by atoms with Crippen molar-refractivity contribution in [3.05, 3.63) is 52.4 Å². The molecule has 11 nitrogen and oxygen atoms in total. The minimum atomic E-state index is -0.399. The quantitative estimate of drug-likeness (QED) is 0.340. The molecular weight excluding hydrogens is 569 g/mol. The van der Waals surface area contributed by atoms with E-state index < -0.39 is 6.10 Å². The number of piperazine rings is 1. The van der Waals surface area contributed by atoms with Gasteiger partial charge in [0.1, 0.15) is 34.0 Å². The molecule has 1 amide bonds. The predicted molar refractivity (Wildman–Crippen MR) is 163 cm³/mol. The van der Waals surface area contributed by atoms with Gasteiger partial charge in [0.05, 0.1) is 18.3 Å². The number of fused-ring (bicyclic) bond motifs is 1. The lowest BCUT2D eigenvalue weighted by molar-refractivity contribution is -0.143. The Morgan fingerprint density at radius 1 is 1.21 bits per heavy atom. The molecule has 0 bridgehead atoms. The molecule has 43 heavy (non-hydrogen) atoms. The first-order chi connectivity index (χ1) is 20.7. The number of carbonyl (C=O) groups excluding carboxylic acids is 1. The minimum Gasteiger partial charge on any atom is -0.389 e. The first-order valence-electron chi connectivity index (χ1n) is 14.4. The van der Waals surface area contributed by atoms with Crippen LogP contribution < -0.4 is 9.80 Å². The Labute approximate surface area is 253 Å². The Bertz CT molecular complexity index is 1710. The number of aryl methyl sites for hydroxylation is 2. The summed E-state index contributed by atoms with van der Waals surface area (Å²) >= 11 is 1.28. The molecule has 1 atom stereocenters. The van der Waals surface area contributed by atoms with Crippen LogP contribution >= 0.6 is 11.3 Å². The van der Waals surface area contributed by atoms with Crippen molar-refractivity contribution in [3.8, 4) is 17.3 Å². The number of thiazole rings is 1. The number of benzene rings is 1. The molecule has 5 heterocycles. The molecule has 0 unspecified atom stereocenters. The molecule has 0 spiro atoms. The molecule has 13 heteroatoms. The summed E-state index contributed by atoms with van der Waals surface area (Å²) in [6.07, 6.45) is 0.278. The molecule has 0 aliphatic carbocycles. The summed E-state index contributed by atoms with van der Waals surface area (Å²) < 4.78 is 15.4. The van der Waals surface area contributed by atoms with Crippen molar-refractivity contribution in [3.63, 3.8) is 0 Å². The Morgan fingerprint density at radius 3 is 2.60 bits per heavy atom. The van der Waals surface area contributed by atoms with Crippen LogP contribution in [0.25, 0.3) is 16.9 Å². The maximum absolute atomic E-state index is 13.5. The highest BCUT2D eigenvalue weighted by molar-refractivity contribution is 7.16.